The van der Waals surface area contributed by atoms with Crippen molar-refractivity contribution >= 4 is 8.56 Å². The minimum absolute atomic E-state index is 0.0197. The number of hydrogen-bond donors (Lipinski definition) is 1. The summed E-state index contributed by atoms with van der Waals surface area (Å²) in [7, 11) is 0.711. The molecule has 3 atom stereocenters. The number of aliphatic hydroxyl groups excluding tert-OH is 1. The van der Waals surface area contributed by atoms with E-state index in [2.05, 4.69) is 56.4 Å². The lowest BCUT2D eigenvalue weighted by atomic mass is 9.99. The van der Waals surface area contributed by atoms with Gasteiger partial charge in [0.2, 0.25) is 0 Å². The molecule has 35 heavy (non-hydrogen) atoms. The molecule has 0 aliphatic carbocycles. The first-order valence-electron chi connectivity index (χ1n) is 13.4. The highest BCUT2D eigenvalue weighted by molar-refractivity contribution is 6.68. The van der Waals surface area contributed by atoms with E-state index in [0.717, 1.165) is 44.5 Å². The number of hydrogen-bond acceptors (Lipinski definition) is 5. The van der Waals surface area contributed by atoms with Crippen molar-refractivity contribution in [2.45, 2.75) is 83.3 Å². The molecule has 1 fully saturated rings. The Bertz CT molecular complexity index is 734. The van der Waals surface area contributed by atoms with Crippen molar-refractivity contribution in [3.05, 3.63) is 54.1 Å². The minimum atomic E-state index is -2.63. The zero-order valence-electron chi connectivity index (χ0n) is 22.4. The van der Waals surface area contributed by atoms with Crippen molar-refractivity contribution in [2.75, 3.05) is 33.7 Å². The fraction of sp³-hybridized carbons (Fsp3) is 0.655. The standard InChI is InChI=1S/C29H48O5Si/c1-5-6-7-13-18-27(25(2)35(24-30,31-3)32-4)19-14-11-9-8-10-12-16-26-17-15-20-28(21-26)33-22-29-23-34-29/h7,13-15,17,19-21,25,27,29-30H,5-6,8-12,16,18,22-24H2,1-4H3/b13-7+,19-14+. The van der Waals surface area contributed by atoms with E-state index in [4.69, 9.17) is 18.3 Å². The number of benzene rings is 1. The molecule has 1 aromatic rings. The van der Waals surface area contributed by atoms with Gasteiger partial charge in [0.15, 0.2) is 0 Å². The Morgan fingerprint density at radius 1 is 1.09 bits per heavy atom. The molecule has 198 valence electrons. The van der Waals surface area contributed by atoms with E-state index < -0.39 is 8.56 Å². The lowest BCUT2D eigenvalue weighted by Gasteiger charge is -2.35. The van der Waals surface area contributed by atoms with Crippen LogP contribution in [0.4, 0.5) is 0 Å². The van der Waals surface area contributed by atoms with Gasteiger partial charge < -0.3 is 23.4 Å². The first-order valence-corrected chi connectivity index (χ1v) is 15.5. The van der Waals surface area contributed by atoms with Gasteiger partial charge in [-0.2, -0.15) is 0 Å². The normalized spacial score (nSPS) is 17.8. The lowest BCUT2D eigenvalue weighted by molar-refractivity contribution is 0.181. The van der Waals surface area contributed by atoms with E-state index in [0.29, 0.717) is 18.6 Å². The van der Waals surface area contributed by atoms with Crippen LogP contribution in [0.5, 0.6) is 5.75 Å². The van der Waals surface area contributed by atoms with Gasteiger partial charge in [-0.1, -0.05) is 69.5 Å². The molecule has 0 spiro atoms. The van der Waals surface area contributed by atoms with Crippen LogP contribution in [0.3, 0.4) is 0 Å². The molecular formula is C29H48O5Si. The molecule has 0 radical (unpaired) electrons. The summed E-state index contributed by atoms with van der Waals surface area (Å²) in [5.41, 5.74) is 1.52. The summed E-state index contributed by atoms with van der Waals surface area (Å²) in [4.78, 5) is 0. The molecule has 6 heteroatoms. The highest BCUT2D eigenvalue weighted by Crippen LogP contribution is 2.34. The number of rotatable bonds is 20. The second-order valence-corrected chi connectivity index (χ2v) is 13.3. The molecule has 1 aromatic carbocycles. The van der Waals surface area contributed by atoms with E-state index in [-0.39, 0.29) is 11.8 Å². The van der Waals surface area contributed by atoms with Crippen LogP contribution in [0.15, 0.2) is 48.6 Å². The molecule has 1 saturated heterocycles. The Kier molecular flexibility index (Phi) is 14.5. The predicted octanol–water partition coefficient (Wildman–Crippen LogP) is 6.53. The zero-order valence-corrected chi connectivity index (χ0v) is 23.4. The van der Waals surface area contributed by atoms with E-state index in [9.17, 15) is 5.11 Å². The molecule has 1 aliphatic rings. The van der Waals surface area contributed by atoms with Crippen LogP contribution in [0.25, 0.3) is 0 Å². The van der Waals surface area contributed by atoms with E-state index in [1.165, 1.54) is 31.2 Å². The number of ether oxygens (including phenoxy) is 2. The molecule has 0 amide bonds. The van der Waals surface area contributed by atoms with Gasteiger partial charge in [-0.25, -0.2) is 0 Å². The quantitative estimate of drug-likeness (QED) is 0.0946. The van der Waals surface area contributed by atoms with Crippen LogP contribution in [0.1, 0.15) is 70.8 Å². The maximum absolute atomic E-state index is 10.0. The topological polar surface area (TPSA) is 60.5 Å². The lowest BCUT2D eigenvalue weighted by Crippen LogP contribution is -2.50. The SMILES string of the molecule is CCC/C=C/CC(/C=C/CCCCCCc1cccc(OCC2CO2)c1)C(C)[Si](CO)(OC)OC. The van der Waals surface area contributed by atoms with E-state index in [1.807, 2.05) is 6.07 Å². The Balaban J connectivity index is 1.72. The number of aliphatic hydroxyl groups is 1. The highest BCUT2D eigenvalue weighted by atomic mass is 28.4. The first-order chi connectivity index (χ1) is 17.1. The van der Waals surface area contributed by atoms with Crippen LogP contribution < -0.4 is 4.74 Å². The zero-order chi connectivity index (χ0) is 25.4. The van der Waals surface area contributed by atoms with Crippen molar-refractivity contribution in [3.63, 3.8) is 0 Å². The number of epoxide rings is 1. The minimum Gasteiger partial charge on any atom is -0.491 e. The summed E-state index contributed by atoms with van der Waals surface area (Å²) in [6.07, 6.45) is 19.7. The van der Waals surface area contributed by atoms with Gasteiger partial charge >= 0.3 is 8.56 Å². The summed E-state index contributed by atoms with van der Waals surface area (Å²) < 4.78 is 22.5. The molecule has 3 unspecified atom stereocenters. The third-order valence-corrected chi connectivity index (χ3v) is 10.6. The highest BCUT2D eigenvalue weighted by Gasteiger charge is 2.44. The van der Waals surface area contributed by atoms with Crippen molar-refractivity contribution in [1.82, 2.24) is 0 Å². The van der Waals surface area contributed by atoms with E-state index in [1.54, 1.807) is 14.2 Å². The maximum Gasteiger partial charge on any atom is 0.367 e. The monoisotopic (exact) mass is 504 g/mol. The van der Waals surface area contributed by atoms with Gasteiger partial charge in [-0.05, 0) is 62.1 Å². The second kappa shape index (κ2) is 17.1. The Hall–Kier alpha value is -1.44. The molecule has 1 heterocycles. The van der Waals surface area contributed by atoms with Crippen molar-refractivity contribution in [2.24, 2.45) is 5.92 Å². The molecule has 0 aromatic heterocycles. The predicted molar refractivity (Wildman–Crippen MR) is 146 cm³/mol. The van der Waals surface area contributed by atoms with Gasteiger partial charge in [-0.3, -0.25) is 0 Å². The largest absolute Gasteiger partial charge is 0.491 e. The fourth-order valence-corrected chi connectivity index (χ4v) is 6.76. The van der Waals surface area contributed by atoms with Crippen molar-refractivity contribution in [1.29, 1.82) is 0 Å². The molecule has 2 rings (SSSR count). The summed E-state index contributed by atoms with van der Waals surface area (Å²) in [6, 6.07) is 8.46. The summed E-state index contributed by atoms with van der Waals surface area (Å²) in [5.74, 6) is 1.26. The number of aryl methyl sites for hydroxylation is 1. The van der Waals surface area contributed by atoms with Crippen LogP contribution in [-0.4, -0.2) is 53.4 Å². The third-order valence-electron chi connectivity index (χ3n) is 6.98. The Morgan fingerprint density at radius 2 is 1.86 bits per heavy atom. The van der Waals surface area contributed by atoms with Gasteiger partial charge in [-0.15, -0.1) is 0 Å². The van der Waals surface area contributed by atoms with Crippen molar-refractivity contribution in [3.8, 4) is 5.75 Å². The van der Waals surface area contributed by atoms with Gasteiger partial charge in [0.25, 0.3) is 0 Å². The molecule has 1 N–H and O–H groups in total. The van der Waals surface area contributed by atoms with Crippen molar-refractivity contribution < 1.29 is 23.4 Å². The Morgan fingerprint density at radius 3 is 2.54 bits per heavy atom. The smallest absolute Gasteiger partial charge is 0.367 e. The molecule has 1 aliphatic heterocycles. The molecule has 0 saturated carbocycles. The van der Waals surface area contributed by atoms with Crippen LogP contribution in [-0.2, 0) is 20.0 Å². The van der Waals surface area contributed by atoms with Crippen LogP contribution >= 0.6 is 0 Å². The third kappa shape index (κ3) is 11.0. The summed E-state index contributed by atoms with van der Waals surface area (Å²) in [5, 5.41) is 10.0. The number of unbranched alkanes of at least 4 members (excludes halogenated alkanes) is 5. The maximum atomic E-state index is 10.0. The average molecular weight is 505 g/mol. The van der Waals surface area contributed by atoms with Crippen LogP contribution in [0.2, 0.25) is 5.54 Å². The fourth-order valence-electron chi connectivity index (χ4n) is 4.40. The van der Waals surface area contributed by atoms with Gasteiger partial charge in [0, 0.05) is 19.8 Å². The van der Waals surface area contributed by atoms with Gasteiger partial charge in [0.05, 0.1) is 12.8 Å². The average Bonchev–Trinajstić information content (AvgIpc) is 3.72. The van der Waals surface area contributed by atoms with Crippen LogP contribution in [0, 0.1) is 5.92 Å². The van der Waals surface area contributed by atoms with E-state index >= 15 is 0 Å². The number of allylic oxidation sites excluding steroid dienone is 4. The molecule has 5 nitrogen and oxygen atoms in total. The Labute approximate surface area is 214 Å². The molecular weight excluding hydrogens is 456 g/mol. The van der Waals surface area contributed by atoms with Gasteiger partial charge in [0.1, 0.15) is 18.5 Å². The molecule has 0 bridgehead atoms. The summed E-state index contributed by atoms with van der Waals surface area (Å²) >= 11 is 0. The second-order valence-electron chi connectivity index (χ2n) is 9.62. The first kappa shape index (κ1) is 29.8. The summed E-state index contributed by atoms with van der Waals surface area (Å²) in [6.45, 7) is 5.85.